The van der Waals surface area contributed by atoms with E-state index < -0.39 is 17.9 Å². The molecule has 1 unspecified atom stereocenters. The Hall–Kier alpha value is -2.17. The smallest absolute Gasteiger partial charge is 0.325 e. The molecule has 0 radical (unpaired) electrons. The van der Waals surface area contributed by atoms with Gasteiger partial charge in [-0.05, 0) is 24.6 Å². The standard InChI is InChI=1S/C11H12N2O3/c1-8(11(15)16)13-10(14)5-4-9-3-2-6-12-7-9/h2-8H,1H3,(H,13,14)(H,15,16)/b5-4+. The van der Waals surface area contributed by atoms with Crippen LogP contribution < -0.4 is 5.32 Å². The van der Waals surface area contributed by atoms with Crippen LogP contribution in [0.4, 0.5) is 0 Å². The van der Waals surface area contributed by atoms with Crippen molar-refractivity contribution in [2.45, 2.75) is 13.0 Å². The molecule has 84 valence electrons. The van der Waals surface area contributed by atoms with Gasteiger partial charge in [-0.2, -0.15) is 0 Å². The minimum absolute atomic E-state index is 0.446. The number of rotatable bonds is 4. The van der Waals surface area contributed by atoms with Gasteiger partial charge in [0.25, 0.3) is 0 Å². The monoisotopic (exact) mass is 220 g/mol. The molecule has 0 spiro atoms. The van der Waals surface area contributed by atoms with E-state index in [1.807, 2.05) is 0 Å². The Bertz CT molecular complexity index is 401. The van der Waals surface area contributed by atoms with Gasteiger partial charge in [0.05, 0.1) is 0 Å². The summed E-state index contributed by atoms with van der Waals surface area (Å²) in [4.78, 5) is 25.6. The van der Waals surface area contributed by atoms with Crippen LogP contribution in [-0.2, 0) is 9.59 Å². The Balaban J connectivity index is 2.52. The molecule has 1 aromatic rings. The molecule has 2 N–H and O–H groups in total. The lowest BCUT2D eigenvalue weighted by atomic mass is 10.2. The first kappa shape index (κ1) is 11.9. The van der Waals surface area contributed by atoms with Crippen molar-refractivity contribution in [3.05, 3.63) is 36.2 Å². The molecule has 1 aromatic heterocycles. The molecule has 0 saturated carbocycles. The van der Waals surface area contributed by atoms with Crippen LogP contribution >= 0.6 is 0 Å². The van der Waals surface area contributed by atoms with Gasteiger partial charge < -0.3 is 10.4 Å². The van der Waals surface area contributed by atoms with Crippen LogP contribution in [0.15, 0.2) is 30.6 Å². The van der Waals surface area contributed by atoms with E-state index in [1.54, 1.807) is 30.6 Å². The second-order valence-corrected chi connectivity index (χ2v) is 3.19. The number of amides is 1. The van der Waals surface area contributed by atoms with Crippen molar-refractivity contribution in [3.8, 4) is 0 Å². The topological polar surface area (TPSA) is 79.3 Å². The van der Waals surface area contributed by atoms with Crippen LogP contribution in [-0.4, -0.2) is 28.0 Å². The number of carboxylic acid groups (broad SMARTS) is 1. The molecule has 5 nitrogen and oxygen atoms in total. The summed E-state index contributed by atoms with van der Waals surface area (Å²) in [6.45, 7) is 1.40. The number of hydrogen-bond donors (Lipinski definition) is 2. The summed E-state index contributed by atoms with van der Waals surface area (Å²) in [7, 11) is 0. The fourth-order valence-corrected chi connectivity index (χ4v) is 0.970. The highest BCUT2D eigenvalue weighted by atomic mass is 16.4. The summed E-state index contributed by atoms with van der Waals surface area (Å²) in [6, 6.07) is 2.64. The van der Waals surface area contributed by atoms with Crippen molar-refractivity contribution in [2.75, 3.05) is 0 Å². The molecular weight excluding hydrogens is 208 g/mol. The van der Waals surface area contributed by atoms with Gasteiger partial charge in [0.15, 0.2) is 0 Å². The summed E-state index contributed by atoms with van der Waals surface area (Å²) in [5.41, 5.74) is 0.778. The van der Waals surface area contributed by atoms with Crippen molar-refractivity contribution in [3.63, 3.8) is 0 Å². The van der Waals surface area contributed by atoms with Crippen LogP contribution in [0.3, 0.4) is 0 Å². The van der Waals surface area contributed by atoms with Gasteiger partial charge in [0.2, 0.25) is 5.91 Å². The largest absolute Gasteiger partial charge is 0.480 e. The Morgan fingerprint density at radius 3 is 2.88 bits per heavy atom. The van der Waals surface area contributed by atoms with Gasteiger partial charge in [-0.15, -0.1) is 0 Å². The molecule has 0 aliphatic rings. The van der Waals surface area contributed by atoms with Crippen molar-refractivity contribution < 1.29 is 14.7 Å². The van der Waals surface area contributed by atoms with E-state index in [4.69, 9.17) is 5.11 Å². The lowest BCUT2D eigenvalue weighted by molar-refractivity contribution is -0.140. The van der Waals surface area contributed by atoms with Gasteiger partial charge in [-0.1, -0.05) is 6.07 Å². The molecular formula is C11H12N2O3. The quantitative estimate of drug-likeness (QED) is 0.731. The van der Waals surface area contributed by atoms with Crippen LogP contribution in [0.5, 0.6) is 0 Å². The number of nitrogens with one attached hydrogen (secondary N) is 1. The Morgan fingerprint density at radius 2 is 2.31 bits per heavy atom. The molecule has 0 aromatic carbocycles. The fourth-order valence-electron chi connectivity index (χ4n) is 0.970. The zero-order chi connectivity index (χ0) is 12.0. The maximum absolute atomic E-state index is 11.2. The normalized spacial score (nSPS) is 12.3. The molecule has 1 rings (SSSR count). The second-order valence-electron chi connectivity index (χ2n) is 3.19. The van der Waals surface area contributed by atoms with Crippen LogP contribution in [0, 0.1) is 0 Å². The Morgan fingerprint density at radius 1 is 1.56 bits per heavy atom. The molecule has 0 bridgehead atoms. The number of aromatic nitrogens is 1. The summed E-state index contributed by atoms with van der Waals surface area (Å²) in [6.07, 6.45) is 6.07. The summed E-state index contributed by atoms with van der Waals surface area (Å²) in [5.74, 6) is -1.51. The number of hydrogen-bond acceptors (Lipinski definition) is 3. The third kappa shape index (κ3) is 3.91. The predicted molar refractivity (Wildman–Crippen MR) is 58.5 cm³/mol. The summed E-state index contributed by atoms with van der Waals surface area (Å²) in [5, 5.41) is 10.9. The third-order valence-corrected chi connectivity index (χ3v) is 1.84. The first-order valence-corrected chi connectivity index (χ1v) is 4.71. The minimum Gasteiger partial charge on any atom is -0.480 e. The summed E-state index contributed by atoms with van der Waals surface area (Å²) >= 11 is 0. The molecule has 1 amide bonds. The van der Waals surface area contributed by atoms with Crippen molar-refractivity contribution in [1.29, 1.82) is 0 Å². The van der Waals surface area contributed by atoms with Crippen molar-refractivity contribution >= 4 is 18.0 Å². The van der Waals surface area contributed by atoms with E-state index in [1.165, 1.54) is 13.0 Å². The van der Waals surface area contributed by atoms with Gasteiger partial charge in [0, 0.05) is 18.5 Å². The van der Waals surface area contributed by atoms with Crippen LogP contribution in [0.1, 0.15) is 12.5 Å². The van der Waals surface area contributed by atoms with Gasteiger partial charge in [-0.25, -0.2) is 0 Å². The van der Waals surface area contributed by atoms with Gasteiger partial charge >= 0.3 is 5.97 Å². The molecule has 16 heavy (non-hydrogen) atoms. The van der Waals surface area contributed by atoms with Gasteiger partial charge in [0.1, 0.15) is 6.04 Å². The molecule has 1 heterocycles. The highest BCUT2D eigenvalue weighted by molar-refractivity contribution is 5.94. The van der Waals surface area contributed by atoms with E-state index in [0.717, 1.165) is 5.56 Å². The molecule has 0 aliphatic heterocycles. The third-order valence-electron chi connectivity index (χ3n) is 1.84. The average molecular weight is 220 g/mol. The van der Waals surface area contributed by atoms with E-state index in [-0.39, 0.29) is 0 Å². The predicted octanol–water partition coefficient (Wildman–Crippen LogP) is 0.684. The minimum atomic E-state index is -1.07. The number of aliphatic carboxylic acids is 1. The highest BCUT2D eigenvalue weighted by Gasteiger charge is 2.11. The highest BCUT2D eigenvalue weighted by Crippen LogP contribution is 1.98. The fraction of sp³-hybridized carbons (Fsp3) is 0.182. The number of carboxylic acids is 1. The molecule has 1 atom stereocenters. The first-order chi connectivity index (χ1) is 7.59. The lowest BCUT2D eigenvalue weighted by Gasteiger charge is -2.05. The maximum Gasteiger partial charge on any atom is 0.325 e. The SMILES string of the molecule is CC(NC(=O)/C=C/c1cccnc1)C(=O)O. The first-order valence-electron chi connectivity index (χ1n) is 4.71. The maximum atomic E-state index is 11.2. The lowest BCUT2D eigenvalue weighted by Crippen LogP contribution is -2.37. The van der Waals surface area contributed by atoms with E-state index in [9.17, 15) is 9.59 Å². The zero-order valence-corrected chi connectivity index (χ0v) is 8.75. The van der Waals surface area contributed by atoms with Gasteiger partial charge in [-0.3, -0.25) is 14.6 Å². The van der Waals surface area contributed by atoms with E-state index in [2.05, 4.69) is 10.3 Å². The number of carbonyl (C=O) groups excluding carboxylic acids is 1. The van der Waals surface area contributed by atoms with Crippen LogP contribution in [0.2, 0.25) is 0 Å². The molecule has 0 saturated heterocycles. The number of pyridine rings is 1. The Kier molecular flexibility index (Phi) is 4.20. The Labute approximate surface area is 92.8 Å². The average Bonchev–Trinajstić information content (AvgIpc) is 2.27. The van der Waals surface area contributed by atoms with Crippen LogP contribution in [0.25, 0.3) is 6.08 Å². The van der Waals surface area contributed by atoms with E-state index in [0.29, 0.717) is 0 Å². The molecule has 5 heteroatoms. The number of carbonyl (C=O) groups is 2. The molecule has 0 aliphatic carbocycles. The van der Waals surface area contributed by atoms with Crippen molar-refractivity contribution in [1.82, 2.24) is 10.3 Å². The van der Waals surface area contributed by atoms with E-state index >= 15 is 0 Å². The second kappa shape index (κ2) is 5.65. The van der Waals surface area contributed by atoms with Crippen molar-refractivity contribution in [2.24, 2.45) is 0 Å². The number of nitrogens with zero attached hydrogens (tertiary/aromatic N) is 1. The molecule has 0 fully saturated rings. The zero-order valence-electron chi connectivity index (χ0n) is 8.75. The summed E-state index contributed by atoms with van der Waals surface area (Å²) < 4.78 is 0.